The molecule has 20 heavy (non-hydrogen) atoms. The maximum atomic E-state index is 7.88. The summed E-state index contributed by atoms with van der Waals surface area (Å²) in [5.41, 5.74) is 0.614. The molecule has 0 radical (unpaired) electrons. The molecule has 0 aliphatic rings. The van der Waals surface area contributed by atoms with E-state index in [1.54, 1.807) is 26.4 Å². The van der Waals surface area contributed by atoms with Gasteiger partial charge in [-0.25, -0.2) is 9.97 Å². The molecule has 0 bridgehead atoms. The van der Waals surface area contributed by atoms with Crippen molar-refractivity contribution in [2.24, 2.45) is 0 Å². The SMILES string of the molecule is CCCO.COc1cc2nc(Cl)nc(Cl)c2cc1OC. The Morgan fingerprint density at radius 2 is 1.65 bits per heavy atom. The maximum Gasteiger partial charge on any atom is 0.224 e. The molecule has 0 saturated heterocycles. The number of methoxy groups -OCH3 is 2. The molecule has 0 aliphatic carbocycles. The zero-order chi connectivity index (χ0) is 15.1. The average molecular weight is 319 g/mol. The Balaban J connectivity index is 0.000000444. The Morgan fingerprint density at radius 3 is 2.15 bits per heavy atom. The first-order valence-corrected chi connectivity index (χ1v) is 6.68. The highest BCUT2D eigenvalue weighted by atomic mass is 35.5. The third kappa shape index (κ3) is 4.10. The fraction of sp³-hybridized carbons (Fsp3) is 0.385. The zero-order valence-electron chi connectivity index (χ0n) is 11.5. The third-order valence-corrected chi connectivity index (χ3v) is 2.81. The number of aromatic nitrogens is 2. The molecule has 5 nitrogen and oxygen atoms in total. The second-order valence-corrected chi connectivity index (χ2v) is 4.43. The lowest BCUT2D eigenvalue weighted by molar-refractivity contribution is 0.295. The van der Waals surface area contributed by atoms with Crippen molar-refractivity contribution in [3.63, 3.8) is 0 Å². The van der Waals surface area contributed by atoms with E-state index in [4.69, 9.17) is 37.8 Å². The predicted molar refractivity (Wildman–Crippen MR) is 80.0 cm³/mol. The summed E-state index contributed by atoms with van der Waals surface area (Å²) in [5.74, 6) is 1.14. The van der Waals surface area contributed by atoms with Crippen LogP contribution in [0.2, 0.25) is 10.4 Å². The highest BCUT2D eigenvalue weighted by Crippen LogP contribution is 2.34. The lowest BCUT2D eigenvalue weighted by atomic mass is 10.2. The summed E-state index contributed by atoms with van der Waals surface area (Å²) in [6.45, 7) is 2.25. The summed E-state index contributed by atoms with van der Waals surface area (Å²) in [6.07, 6.45) is 0.875. The van der Waals surface area contributed by atoms with Crippen molar-refractivity contribution >= 4 is 34.1 Å². The highest BCUT2D eigenvalue weighted by Gasteiger charge is 2.11. The minimum atomic E-state index is 0.102. The van der Waals surface area contributed by atoms with Gasteiger partial charge in [0, 0.05) is 18.1 Å². The number of benzene rings is 1. The average Bonchev–Trinajstić information content (AvgIpc) is 2.46. The Kier molecular flexibility index (Phi) is 6.78. The molecule has 1 aromatic heterocycles. The van der Waals surface area contributed by atoms with E-state index in [0.717, 1.165) is 6.42 Å². The lowest BCUT2D eigenvalue weighted by Gasteiger charge is -2.09. The van der Waals surface area contributed by atoms with Gasteiger partial charge in [-0.15, -0.1) is 0 Å². The number of aliphatic hydroxyl groups excluding tert-OH is 1. The van der Waals surface area contributed by atoms with Crippen LogP contribution in [-0.2, 0) is 0 Å². The second kappa shape index (κ2) is 8.09. The molecule has 0 saturated carbocycles. The van der Waals surface area contributed by atoms with Crippen molar-refractivity contribution in [1.29, 1.82) is 0 Å². The Morgan fingerprint density at radius 1 is 1.10 bits per heavy atom. The summed E-state index contributed by atoms with van der Waals surface area (Å²) >= 11 is 11.7. The molecule has 1 aromatic carbocycles. The first-order valence-electron chi connectivity index (χ1n) is 5.93. The van der Waals surface area contributed by atoms with Crippen LogP contribution in [0.4, 0.5) is 0 Å². The number of nitrogens with zero attached hydrogens (tertiary/aromatic N) is 2. The van der Waals surface area contributed by atoms with Crippen LogP contribution in [0.15, 0.2) is 12.1 Å². The fourth-order valence-electron chi connectivity index (χ4n) is 1.39. The molecule has 0 aliphatic heterocycles. The molecule has 0 unspecified atom stereocenters. The van der Waals surface area contributed by atoms with Gasteiger partial charge in [0.15, 0.2) is 11.5 Å². The predicted octanol–water partition coefficient (Wildman–Crippen LogP) is 3.34. The Hall–Kier alpha value is -1.30. The Labute approximate surface area is 127 Å². The van der Waals surface area contributed by atoms with Gasteiger partial charge in [0.1, 0.15) is 5.15 Å². The summed E-state index contributed by atoms with van der Waals surface area (Å²) in [7, 11) is 3.10. The highest BCUT2D eigenvalue weighted by molar-refractivity contribution is 6.35. The van der Waals surface area contributed by atoms with E-state index >= 15 is 0 Å². The van der Waals surface area contributed by atoms with Crippen LogP contribution < -0.4 is 9.47 Å². The molecule has 0 amide bonds. The van der Waals surface area contributed by atoms with Crippen LogP contribution >= 0.6 is 23.2 Å². The molecule has 1 N–H and O–H groups in total. The molecule has 110 valence electrons. The second-order valence-electron chi connectivity index (χ2n) is 3.73. The summed E-state index contributed by atoms with van der Waals surface area (Å²) in [5, 5.41) is 8.93. The standard InChI is InChI=1S/C10H8Cl2N2O2.C3H8O/c1-15-7-3-5-6(4-8(7)16-2)13-10(12)14-9(5)11;1-2-3-4/h3-4H,1-2H3;4H,2-3H2,1H3. The smallest absolute Gasteiger partial charge is 0.224 e. The monoisotopic (exact) mass is 318 g/mol. The van der Waals surface area contributed by atoms with Crippen LogP contribution in [0.3, 0.4) is 0 Å². The largest absolute Gasteiger partial charge is 0.493 e. The number of hydrogen-bond donors (Lipinski definition) is 1. The van der Waals surface area contributed by atoms with Crippen LogP contribution in [0, 0.1) is 0 Å². The molecule has 2 aromatic rings. The number of aliphatic hydroxyl groups is 1. The zero-order valence-corrected chi connectivity index (χ0v) is 13.0. The molecule has 1 heterocycles. The van der Waals surface area contributed by atoms with Crippen molar-refractivity contribution in [3.8, 4) is 11.5 Å². The number of rotatable bonds is 3. The molecule has 2 rings (SSSR count). The Bertz CT molecular complexity index is 577. The molecular formula is C13H16Cl2N2O3. The van der Waals surface area contributed by atoms with Gasteiger partial charge in [-0.1, -0.05) is 18.5 Å². The fourth-order valence-corrected chi connectivity index (χ4v) is 1.84. The maximum absolute atomic E-state index is 7.88. The van der Waals surface area contributed by atoms with Gasteiger partial charge < -0.3 is 14.6 Å². The van der Waals surface area contributed by atoms with Gasteiger partial charge in [0.05, 0.1) is 19.7 Å². The van der Waals surface area contributed by atoms with Crippen molar-refractivity contribution in [2.75, 3.05) is 20.8 Å². The third-order valence-electron chi connectivity index (χ3n) is 2.35. The molecule has 7 heteroatoms. The van der Waals surface area contributed by atoms with E-state index in [0.29, 0.717) is 29.0 Å². The van der Waals surface area contributed by atoms with E-state index in [2.05, 4.69) is 9.97 Å². The number of ether oxygens (including phenoxy) is 2. The molecular weight excluding hydrogens is 303 g/mol. The lowest BCUT2D eigenvalue weighted by Crippen LogP contribution is -1.93. The van der Waals surface area contributed by atoms with Gasteiger partial charge in [0.2, 0.25) is 5.28 Å². The first-order chi connectivity index (χ1) is 9.57. The van der Waals surface area contributed by atoms with Gasteiger partial charge in [-0.05, 0) is 24.1 Å². The first kappa shape index (κ1) is 16.8. The van der Waals surface area contributed by atoms with Crippen LogP contribution in [0.25, 0.3) is 10.9 Å². The van der Waals surface area contributed by atoms with Crippen LogP contribution in [0.5, 0.6) is 11.5 Å². The van der Waals surface area contributed by atoms with E-state index in [1.807, 2.05) is 6.92 Å². The van der Waals surface area contributed by atoms with Gasteiger partial charge in [-0.2, -0.15) is 0 Å². The van der Waals surface area contributed by atoms with Gasteiger partial charge >= 0.3 is 0 Å². The number of halogens is 2. The molecule has 0 spiro atoms. The summed E-state index contributed by atoms with van der Waals surface area (Å²) in [6, 6.07) is 3.42. The quantitative estimate of drug-likeness (QED) is 0.694. The van der Waals surface area contributed by atoms with E-state index < -0.39 is 0 Å². The molecule has 0 atom stereocenters. The normalized spacial score (nSPS) is 9.90. The van der Waals surface area contributed by atoms with Gasteiger partial charge in [-0.3, -0.25) is 0 Å². The van der Waals surface area contributed by atoms with Crippen LogP contribution in [-0.4, -0.2) is 35.9 Å². The van der Waals surface area contributed by atoms with Crippen molar-refractivity contribution < 1.29 is 14.6 Å². The van der Waals surface area contributed by atoms with E-state index in [1.165, 1.54) is 0 Å². The van der Waals surface area contributed by atoms with E-state index in [9.17, 15) is 0 Å². The molecule has 0 fully saturated rings. The topological polar surface area (TPSA) is 64.5 Å². The van der Waals surface area contributed by atoms with Crippen LogP contribution in [0.1, 0.15) is 13.3 Å². The van der Waals surface area contributed by atoms with Gasteiger partial charge in [0.25, 0.3) is 0 Å². The minimum absolute atomic E-state index is 0.102. The summed E-state index contributed by atoms with van der Waals surface area (Å²) < 4.78 is 10.3. The summed E-state index contributed by atoms with van der Waals surface area (Å²) in [4.78, 5) is 7.91. The van der Waals surface area contributed by atoms with Crippen molar-refractivity contribution in [3.05, 3.63) is 22.6 Å². The number of hydrogen-bond acceptors (Lipinski definition) is 5. The number of fused-ring (bicyclic) bond motifs is 1. The minimum Gasteiger partial charge on any atom is -0.493 e. The van der Waals surface area contributed by atoms with Crippen molar-refractivity contribution in [1.82, 2.24) is 9.97 Å². The van der Waals surface area contributed by atoms with Crippen molar-refractivity contribution in [2.45, 2.75) is 13.3 Å². The van der Waals surface area contributed by atoms with E-state index in [-0.39, 0.29) is 10.4 Å².